The first kappa shape index (κ1) is 27.1. The molecule has 0 spiro atoms. The number of hydrogen-bond donors (Lipinski definition) is 4. The summed E-state index contributed by atoms with van der Waals surface area (Å²) in [6, 6.07) is 6.63. The molecular formula is C19H32N8O5. The molecule has 0 saturated carbocycles. The molecule has 4 N–H and O–H groups in total. The Hall–Kier alpha value is -2.93. The second-order valence-electron chi connectivity index (χ2n) is 6.32. The van der Waals surface area contributed by atoms with Crippen molar-refractivity contribution in [1.82, 2.24) is 26.6 Å². The van der Waals surface area contributed by atoms with Crippen molar-refractivity contribution in [3.8, 4) is 5.75 Å². The van der Waals surface area contributed by atoms with Gasteiger partial charge in [0.1, 0.15) is 19.0 Å². The molecule has 0 fully saturated rings. The number of likely N-dealkylation sites (N-methyl/N-ethyl adjacent to an activating group) is 1. The average molecular weight is 453 g/mol. The quantitative estimate of drug-likeness (QED) is 0.0855. The highest BCUT2D eigenvalue weighted by Gasteiger charge is 2.10. The van der Waals surface area contributed by atoms with Crippen LogP contribution in [0.3, 0.4) is 0 Å². The van der Waals surface area contributed by atoms with E-state index < -0.39 is 6.23 Å². The van der Waals surface area contributed by atoms with E-state index in [-0.39, 0.29) is 38.2 Å². The zero-order valence-corrected chi connectivity index (χ0v) is 18.7. The molecule has 13 nitrogen and oxygen atoms in total. The van der Waals surface area contributed by atoms with Crippen molar-refractivity contribution in [2.45, 2.75) is 13.2 Å². The zero-order chi connectivity index (χ0) is 23.6. The number of nitrogens with one attached hydrogen (secondary N) is 4. The monoisotopic (exact) mass is 452 g/mol. The Bertz CT molecular complexity index is 744. The predicted molar refractivity (Wildman–Crippen MR) is 117 cm³/mol. The van der Waals surface area contributed by atoms with E-state index in [0.717, 1.165) is 0 Å². The van der Waals surface area contributed by atoms with Crippen LogP contribution in [0, 0.1) is 0 Å². The maximum Gasteiger partial charge on any atom is 0.251 e. The third kappa shape index (κ3) is 12.1. The van der Waals surface area contributed by atoms with Gasteiger partial charge in [-0.25, -0.2) is 10.9 Å². The lowest BCUT2D eigenvalue weighted by Gasteiger charge is -2.16. The molecule has 0 aliphatic rings. The molecule has 1 rings (SSSR count). The standard InChI is InChI=1S/C19H32N8O5/c1-4-22-17(28)13-30-10-11-31-18(25-26-20)14-32-16-7-5-6-15(12-16)19(29)23-8-9-24-27(3)21-2/h5-7,12,18,21,24H,4,8-11,13-14H2,1-3H3,(H,22,28)(H,23,29). The van der Waals surface area contributed by atoms with Gasteiger partial charge in [-0.2, -0.15) is 5.12 Å². The van der Waals surface area contributed by atoms with Gasteiger partial charge in [0.15, 0.2) is 6.23 Å². The number of nitrogens with zero attached hydrogens (tertiary/aromatic N) is 4. The van der Waals surface area contributed by atoms with Crippen LogP contribution in [0.1, 0.15) is 17.3 Å². The average Bonchev–Trinajstić information content (AvgIpc) is 2.80. The minimum atomic E-state index is -0.888. The van der Waals surface area contributed by atoms with Gasteiger partial charge < -0.3 is 24.8 Å². The number of hydrogen-bond acceptors (Lipinski definition) is 9. The van der Waals surface area contributed by atoms with Crippen LogP contribution >= 0.6 is 0 Å². The maximum absolute atomic E-state index is 12.3. The lowest BCUT2D eigenvalue weighted by Crippen LogP contribution is -2.46. The highest BCUT2D eigenvalue weighted by molar-refractivity contribution is 5.94. The van der Waals surface area contributed by atoms with Crippen molar-refractivity contribution < 1.29 is 23.8 Å². The van der Waals surface area contributed by atoms with Gasteiger partial charge in [-0.15, -0.1) is 0 Å². The maximum atomic E-state index is 12.3. The lowest BCUT2D eigenvalue weighted by atomic mass is 10.2. The molecule has 1 aromatic carbocycles. The summed E-state index contributed by atoms with van der Waals surface area (Å²) in [6.45, 7) is 3.49. The number of rotatable bonds is 17. The zero-order valence-electron chi connectivity index (χ0n) is 18.7. The summed E-state index contributed by atoms with van der Waals surface area (Å²) >= 11 is 0. The molecule has 178 valence electrons. The van der Waals surface area contributed by atoms with Crippen LogP contribution in [-0.2, 0) is 14.3 Å². The van der Waals surface area contributed by atoms with Gasteiger partial charge in [0.2, 0.25) is 5.91 Å². The Balaban J connectivity index is 2.41. The first-order valence-electron chi connectivity index (χ1n) is 10.2. The van der Waals surface area contributed by atoms with Crippen molar-refractivity contribution >= 4 is 11.8 Å². The topological polar surface area (TPSA) is 162 Å². The van der Waals surface area contributed by atoms with Crippen LogP contribution in [0.4, 0.5) is 0 Å². The van der Waals surface area contributed by atoms with Gasteiger partial charge in [0, 0.05) is 44.2 Å². The molecule has 1 unspecified atom stereocenters. The van der Waals surface area contributed by atoms with E-state index in [2.05, 4.69) is 31.5 Å². The summed E-state index contributed by atoms with van der Waals surface area (Å²) in [4.78, 5) is 26.3. The van der Waals surface area contributed by atoms with E-state index in [0.29, 0.717) is 30.9 Å². The van der Waals surface area contributed by atoms with E-state index in [9.17, 15) is 9.59 Å². The summed E-state index contributed by atoms with van der Waals surface area (Å²) in [5.41, 5.74) is 15.1. The third-order valence-electron chi connectivity index (χ3n) is 3.91. The summed E-state index contributed by atoms with van der Waals surface area (Å²) in [7, 11) is 3.59. The van der Waals surface area contributed by atoms with Crippen LogP contribution < -0.4 is 26.2 Å². The highest BCUT2D eigenvalue weighted by atomic mass is 16.6. The summed E-state index contributed by atoms with van der Waals surface area (Å²) in [5, 5.41) is 10.6. The fourth-order valence-corrected chi connectivity index (χ4v) is 2.30. The molecule has 1 atom stereocenters. The number of benzene rings is 1. The second kappa shape index (κ2) is 16.7. The largest absolute Gasteiger partial charge is 0.491 e. The molecule has 0 saturated heterocycles. The first-order valence-corrected chi connectivity index (χ1v) is 10.2. The first-order chi connectivity index (χ1) is 15.5. The fourth-order valence-electron chi connectivity index (χ4n) is 2.30. The molecule has 0 bridgehead atoms. The van der Waals surface area contributed by atoms with E-state index in [4.69, 9.17) is 19.7 Å². The number of azide groups is 1. The summed E-state index contributed by atoms with van der Waals surface area (Å²) in [6.07, 6.45) is -0.888. The van der Waals surface area contributed by atoms with Gasteiger partial charge in [0.05, 0.1) is 13.2 Å². The molecule has 0 aliphatic heterocycles. The molecule has 0 aromatic heterocycles. The Morgan fingerprint density at radius 2 is 2.06 bits per heavy atom. The molecule has 0 aliphatic carbocycles. The van der Waals surface area contributed by atoms with Gasteiger partial charge >= 0.3 is 0 Å². The number of amides is 2. The number of carbonyl (C=O) groups is 2. The lowest BCUT2D eigenvalue weighted by molar-refractivity contribution is -0.126. The van der Waals surface area contributed by atoms with Gasteiger partial charge in [0.25, 0.3) is 5.91 Å². The molecule has 13 heteroatoms. The van der Waals surface area contributed by atoms with Crippen molar-refractivity contribution in [3.63, 3.8) is 0 Å². The molecule has 0 heterocycles. The van der Waals surface area contributed by atoms with E-state index >= 15 is 0 Å². The van der Waals surface area contributed by atoms with Gasteiger partial charge in [-0.05, 0) is 30.7 Å². The highest BCUT2D eigenvalue weighted by Crippen LogP contribution is 2.14. The SMILES string of the molecule is CCNC(=O)COCCOC(COc1cccc(C(=O)NCCNN(C)NC)c1)N=[N+]=[N-]. The Labute approximate surface area is 187 Å². The predicted octanol–water partition coefficient (Wildman–Crippen LogP) is 0.172. The molecule has 2 amide bonds. The van der Waals surface area contributed by atoms with Crippen LogP contribution in [-0.4, -0.2) is 83.3 Å². The van der Waals surface area contributed by atoms with Crippen LogP contribution in [0.2, 0.25) is 0 Å². The van der Waals surface area contributed by atoms with E-state index in [1.54, 1.807) is 36.4 Å². The summed E-state index contributed by atoms with van der Waals surface area (Å²) < 4.78 is 16.2. The van der Waals surface area contributed by atoms with Crippen molar-refractivity contribution in [2.24, 2.45) is 5.11 Å². The number of carbonyl (C=O) groups excluding carboxylic acids is 2. The van der Waals surface area contributed by atoms with Crippen molar-refractivity contribution in [3.05, 3.63) is 40.3 Å². The van der Waals surface area contributed by atoms with Gasteiger partial charge in [-0.3, -0.25) is 9.59 Å². The Morgan fingerprint density at radius 1 is 1.25 bits per heavy atom. The minimum absolute atomic E-state index is 0.0499. The molecule has 1 aromatic rings. The van der Waals surface area contributed by atoms with Crippen molar-refractivity contribution in [2.75, 3.05) is 60.2 Å². The van der Waals surface area contributed by atoms with Crippen LogP contribution in [0.5, 0.6) is 5.75 Å². The molecule has 0 radical (unpaired) electrons. The van der Waals surface area contributed by atoms with Crippen molar-refractivity contribution in [1.29, 1.82) is 0 Å². The second-order valence-corrected chi connectivity index (χ2v) is 6.32. The Kier molecular flexibility index (Phi) is 14.2. The molecule has 32 heavy (non-hydrogen) atoms. The fraction of sp³-hybridized carbons (Fsp3) is 0.579. The summed E-state index contributed by atoms with van der Waals surface area (Å²) in [5.74, 6) is -0.0238. The Morgan fingerprint density at radius 3 is 2.78 bits per heavy atom. The number of hydrazine groups is 2. The molecular weight excluding hydrogens is 420 g/mol. The number of ether oxygens (including phenoxy) is 3. The smallest absolute Gasteiger partial charge is 0.251 e. The van der Waals surface area contributed by atoms with Crippen LogP contribution in [0.15, 0.2) is 29.4 Å². The van der Waals surface area contributed by atoms with E-state index in [1.165, 1.54) is 0 Å². The normalized spacial score (nSPS) is 11.5. The van der Waals surface area contributed by atoms with E-state index in [1.807, 2.05) is 14.0 Å². The van der Waals surface area contributed by atoms with Crippen LogP contribution in [0.25, 0.3) is 10.4 Å². The third-order valence-corrected chi connectivity index (χ3v) is 3.91. The minimum Gasteiger partial charge on any atom is -0.491 e. The van der Waals surface area contributed by atoms with Gasteiger partial charge in [-0.1, -0.05) is 11.2 Å².